The second-order valence-corrected chi connectivity index (χ2v) is 4.14. The van der Waals surface area contributed by atoms with Gasteiger partial charge in [0.15, 0.2) is 0 Å². The van der Waals surface area contributed by atoms with Crippen LogP contribution in [0.3, 0.4) is 0 Å². The van der Waals surface area contributed by atoms with Crippen molar-refractivity contribution >= 4 is 21.9 Å². The minimum atomic E-state index is -1.37. The Kier molecular flexibility index (Phi) is 3.65. The molecule has 0 unspecified atom stereocenters. The van der Waals surface area contributed by atoms with Gasteiger partial charge in [-0.1, -0.05) is 12.1 Å². The van der Waals surface area contributed by atoms with Crippen LogP contribution in [-0.4, -0.2) is 13.1 Å². The molecule has 80 valence electrons. The van der Waals surface area contributed by atoms with Crippen LogP contribution in [0.25, 0.3) is 0 Å². The van der Waals surface area contributed by atoms with Crippen molar-refractivity contribution in [1.29, 1.82) is 10.5 Å². The molecule has 0 aliphatic heterocycles. The van der Waals surface area contributed by atoms with Gasteiger partial charge in [-0.05, 0) is 33.6 Å². The standard InChI is InChI=1S/C11H7BrN2O2/c1-16-10(15)8-2-4-9(5-3-8)11(12,6-13)7-14/h2-5H,1H3. The number of carbonyl (C=O) groups excluding carboxylic acids is 1. The summed E-state index contributed by atoms with van der Waals surface area (Å²) in [4.78, 5) is 11.1. The molecule has 1 rings (SSSR count). The third-order valence-corrected chi connectivity index (χ3v) is 2.82. The van der Waals surface area contributed by atoms with Crippen LogP contribution in [0, 0.1) is 22.7 Å². The number of halogens is 1. The molecule has 1 aromatic rings. The van der Waals surface area contributed by atoms with Crippen LogP contribution in [-0.2, 0) is 9.06 Å². The first-order valence-corrected chi connectivity index (χ1v) is 5.07. The van der Waals surface area contributed by atoms with Crippen molar-refractivity contribution in [1.82, 2.24) is 0 Å². The van der Waals surface area contributed by atoms with E-state index in [4.69, 9.17) is 10.5 Å². The summed E-state index contributed by atoms with van der Waals surface area (Å²) in [5.74, 6) is -0.458. The zero-order valence-corrected chi connectivity index (χ0v) is 9.98. The lowest BCUT2D eigenvalue weighted by atomic mass is 10.0. The highest BCUT2D eigenvalue weighted by molar-refractivity contribution is 9.10. The van der Waals surface area contributed by atoms with E-state index in [0.717, 1.165) is 0 Å². The molecule has 0 amide bonds. The second kappa shape index (κ2) is 4.78. The molecule has 0 saturated carbocycles. The van der Waals surface area contributed by atoms with Crippen molar-refractivity contribution in [2.24, 2.45) is 0 Å². The minimum absolute atomic E-state index is 0.372. The van der Waals surface area contributed by atoms with Gasteiger partial charge >= 0.3 is 5.97 Å². The Bertz CT molecular complexity index is 468. The van der Waals surface area contributed by atoms with E-state index in [-0.39, 0.29) is 0 Å². The molecule has 16 heavy (non-hydrogen) atoms. The van der Waals surface area contributed by atoms with E-state index >= 15 is 0 Å². The predicted octanol–water partition coefficient (Wildman–Crippen LogP) is 2.11. The van der Waals surface area contributed by atoms with Gasteiger partial charge in [0.2, 0.25) is 4.32 Å². The highest BCUT2D eigenvalue weighted by Gasteiger charge is 2.28. The lowest BCUT2D eigenvalue weighted by Crippen LogP contribution is -2.12. The lowest BCUT2D eigenvalue weighted by Gasteiger charge is -2.10. The topological polar surface area (TPSA) is 73.9 Å². The van der Waals surface area contributed by atoms with E-state index in [1.54, 1.807) is 0 Å². The summed E-state index contributed by atoms with van der Waals surface area (Å²) in [5.41, 5.74) is 0.849. The molecule has 0 heterocycles. The molecule has 0 spiro atoms. The maximum atomic E-state index is 11.1. The number of hydrogen-bond donors (Lipinski definition) is 0. The number of alkyl halides is 1. The molecule has 1 aromatic carbocycles. The maximum absolute atomic E-state index is 11.1. The van der Waals surface area contributed by atoms with E-state index in [9.17, 15) is 4.79 Å². The molecule has 0 atom stereocenters. The van der Waals surface area contributed by atoms with Gasteiger partial charge in [0.1, 0.15) is 12.1 Å². The Morgan fingerprint density at radius 3 is 2.19 bits per heavy atom. The van der Waals surface area contributed by atoms with Crippen molar-refractivity contribution < 1.29 is 9.53 Å². The summed E-state index contributed by atoms with van der Waals surface area (Å²) in [5, 5.41) is 17.7. The lowest BCUT2D eigenvalue weighted by molar-refractivity contribution is 0.0600. The second-order valence-electron chi connectivity index (χ2n) is 2.95. The van der Waals surface area contributed by atoms with Crippen LogP contribution in [0.4, 0.5) is 0 Å². The fourth-order valence-corrected chi connectivity index (χ4v) is 1.37. The molecule has 0 N–H and O–H groups in total. The Morgan fingerprint density at radius 1 is 1.31 bits per heavy atom. The predicted molar refractivity (Wildman–Crippen MR) is 59.6 cm³/mol. The van der Waals surface area contributed by atoms with Gasteiger partial charge in [0, 0.05) is 0 Å². The quantitative estimate of drug-likeness (QED) is 0.613. The summed E-state index contributed by atoms with van der Waals surface area (Å²) < 4.78 is 3.16. The molecule has 0 radical (unpaired) electrons. The summed E-state index contributed by atoms with van der Waals surface area (Å²) >= 11 is 3.03. The maximum Gasteiger partial charge on any atom is 0.337 e. The molecule has 0 aromatic heterocycles. The normalized spacial score (nSPS) is 10.0. The SMILES string of the molecule is COC(=O)c1ccc(C(Br)(C#N)C#N)cc1. The van der Waals surface area contributed by atoms with E-state index in [1.165, 1.54) is 31.4 Å². The van der Waals surface area contributed by atoms with E-state index < -0.39 is 10.3 Å². The average molecular weight is 279 g/mol. The molecular weight excluding hydrogens is 272 g/mol. The number of esters is 1. The monoisotopic (exact) mass is 278 g/mol. The minimum Gasteiger partial charge on any atom is -0.465 e. The van der Waals surface area contributed by atoms with Crippen molar-refractivity contribution in [2.75, 3.05) is 7.11 Å². The zero-order valence-electron chi connectivity index (χ0n) is 8.40. The third kappa shape index (κ3) is 2.21. The highest BCUT2D eigenvalue weighted by atomic mass is 79.9. The number of hydrogen-bond acceptors (Lipinski definition) is 4. The van der Waals surface area contributed by atoms with Gasteiger partial charge in [0.05, 0.1) is 12.7 Å². The van der Waals surface area contributed by atoms with Gasteiger partial charge in [0.25, 0.3) is 0 Å². The van der Waals surface area contributed by atoms with Gasteiger partial charge in [-0.2, -0.15) is 10.5 Å². The molecule has 5 heteroatoms. The van der Waals surface area contributed by atoms with Crippen molar-refractivity contribution in [3.63, 3.8) is 0 Å². The summed E-state index contributed by atoms with van der Waals surface area (Å²) in [7, 11) is 1.29. The molecular formula is C11H7BrN2O2. The van der Waals surface area contributed by atoms with Gasteiger partial charge < -0.3 is 4.74 Å². The van der Waals surface area contributed by atoms with Crippen LogP contribution in [0.2, 0.25) is 0 Å². The zero-order chi connectivity index (χ0) is 12.2. The van der Waals surface area contributed by atoms with Crippen LogP contribution < -0.4 is 0 Å². The van der Waals surface area contributed by atoms with Crippen LogP contribution in [0.15, 0.2) is 24.3 Å². The number of nitrogens with zero attached hydrogens (tertiary/aromatic N) is 2. The molecule has 0 aliphatic rings. The molecule has 4 nitrogen and oxygen atoms in total. The summed E-state index contributed by atoms with van der Waals surface area (Å²) in [6.07, 6.45) is 0. The van der Waals surface area contributed by atoms with Crippen molar-refractivity contribution in [2.45, 2.75) is 4.32 Å². The number of methoxy groups -OCH3 is 1. The van der Waals surface area contributed by atoms with E-state index in [2.05, 4.69) is 20.7 Å². The number of rotatable bonds is 2. The number of nitriles is 2. The fourth-order valence-electron chi connectivity index (χ4n) is 1.11. The van der Waals surface area contributed by atoms with Gasteiger partial charge in [-0.15, -0.1) is 0 Å². The first-order valence-electron chi connectivity index (χ1n) is 4.27. The van der Waals surface area contributed by atoms with Crippen molar-refractivity contribution in [3.05, 3.63) is 35.4 Å². The number of benzene rings is 1. The Hall–Kier alpha value is -1.85. The Morgan fingerprint density at radius 2 is 1.81 bits per heavy atom. The van der Waals surface area contributed by atoms with Crippen LogP contribution in [0.1, 0.15) is 15.9 Å². The smallest absolute Gasteiger partial charge is 0.337 e. The number of carbonyl (C=O) groups is 1. The largest absolute Gasteiger partial charge is 0.465 e. The van der Waals surface area contributed by atoms with Crippen molar-refractivity contribution in [3.8, 4) is 12.1 Å². The fraction of sp³-hybridized carbons (Fsp3) is 0.182. The third-order valence-electron chi connectivity index (χ3n) is 2.01. The van der Waals surface area contributed by atoms with Gasteiger partial charge in [-0.25, -0.2) is 4.79 Å². The molecule has 0 aliphatic carbocycles. The van der Waals surface area contributed by atoms with E-state index in [0.29, 0.717) is 11.1 Å². The van der Waals surface area contributed by atoms with Gasteiger partial charge in [-0.3, -0.25) is 0 Å². The number of ether oxygens (including phenoxy) is 1. The van der Waals surface area contributed by atoms with Crippen LogP contribution in [0.5, 0.6) is 0 Å². The Labute approximate surface area is 101 Å². The molecule has 0 bridgehead atoms. The average Bonchev–Trinajstić information content (AvgIpc) is 2.37. The van der Waals surface area contributed by atoms with E-state index in [1.807, 2.05) is 12.1 Å². The molecule has 0 saturated heterocycles. The first-order chi connectivity index (χ1) is 7.57. The molecule has 0 fully saturated rings. The van der Waals surface area contributed by atoms with Crippen LogP contribution >= 0.6 is 15.9 Å². The first kappa shape index (κ1) is 12.2. The summed E-state index contributed by atoms with van der Waals surface area (Å²) in [6, 6.07) is 9.77. The Balaban J connectivity index is 3.11. The highest BCUT2D eigenvalue weighted by Crippen LogP contribution is 2.29. The summed E-state index contributed by atoms with van der Waals surface area (Å²) in [6.45, 7) is 0.